The average Bonchev–Trinajstić information content (AvgIpc) is 2.75. The summed E-state index contributed by atoms with van der Waals surface area (Å²) in [5.41, 5.74) is 7.69. The van der Waals surface area contributed by atoms with E-state index in [1.807, 2.05) is 25.3 Å². The number of pyridine rings is 1. The first-order chi connectivity index (χ1) is 8.28. The fourth-order valence-electron chi connectivity index (χ4n) is 1.57. The van der Waals surface area contributed by atoms with Gasteiger partial charge in [-0.25, -0.2) is 4.98 Å². The second-order valence-corrected chi connectivity index (χ2v) is 5.13. The van der Waals surface area contributed by atoms with Gasteiger partial charge in [0.1, 0.15) is 0 Å². The average molecular weight is 248 g/mol. The number of hydrogen-bond acceptors (Lipinski definition) is 5. The topological polar surface area (TPSA) is 63.8 Å². The molecule has 2 aromatic heterocycles. The second kappa shape index (κ2) is 5.86. The molecule has 0 bridgehead atoms. The Bertz CT molecular complexity index is 481. The van der Waals surface area contributed by atoms with Crippen molar-refractivity contribution in [3.63, 3.8) is 0 Å². The third kappa shape index (κ3) is 3.59. The van der Waals surface area contributed by atoms with Crippen LogP contribution < -0.4 is 11.1 Å². The molecule has 2 heterocycles. The molecule has 0 aliphatic heterocycles. The van der Waals surface area contributed by atoms with E-state index in [1.165, 1.54) is 10.4 Å². The van der Waals surface area contributed by atoms with Gasteiger partial charge in [0, 0.05) is 36.9 Å². The van der Waals surface area contributed by atoms with Crippen LogP contribution in [0.25, 0.3) is 0 Å². The molecule has 90 valence electrons. The highest BCUT2D eigenvalue weighted by molar-refractivity contribution is 7.11. The Balaban J connectivity index is 1.85. The van der Waals surface area contributed by atoms with Gasteiger partial charge in [0.2, 0.25) is 0 Å². The van der Waals surface area contributed by atoms with Gasteiger partial charge in [-0.05, 0) is 24.6 Å². The van der Waals surface area contributed by atoms with Gasteiger partial charge in [-0.3, -0.25) is 4.98 Å². The maximum absolute atomic E-state index is 5.55. The van der Waals surface area contributed by atoms with Gasteiger partial charge < -0.3 is 11.1 Å². The lowest BCUT2D eigenvalue weighted by Crippen LogP contribution is -2.12. The molecule has 3 N–H and O–H groups in total. The van der Waals surface area contributed by atoms with E-state index in [0.29, 0.717) is 6.54 Å². The number of thiazole rings is 1. The van der Waals surface area contributed by atoms with E-state index in [-0.39, 0.29) is 0 Å². The zero-order chi connectivity index (χ0) is 12.1. The predicted octanol–water partition coefficient (Wildman–Crippen LogP) is 1.60. The van der Waals surface area contributed by atoms with Gasteiger partial charge in [-0.1, -0.05) is 0 Å². The van der Waals surface area contributed by atoms with E-state index in [9.17, 15) is 0 Å². The SMILES string of the molecule is Cc1ncc(CNCc2ccnc(CN)c2)s1. The summed E-state index contributed by atoms with van der Waals surface area (Å²) >= 11 is 1.72. The van der Waals surface area contributed by atoms with E-state index >= 15 is 0 Å². The zero-order valence-corrected chi connectivity index (χ0v) is 10.6. The Hall–Kier alpha value is -1.30. The summed E-state index contributed by atoms with van der Waals surface area (Å²) in [7, 11) is 0. The minimum atomic E-state index is 0.488. The van der Waals surface area contributed by atoms with Crippen LogP contribution in [0.15, 0.2) is 24.5 Å². The molecule has 0 radical (unpaired) electrons. The summed E-state index contributed by atoms with van der Waals surface area (Å²) in [6.45, 7) is 4.19. The maximum atomic E-state index is 5.55. The Morgan fingerprint density at radius 3 is 2.94 bits per heavy atom. The fraction of sp³-hybridized carbons (Fsp3) is 0.333. The smallest absolute Gasteiger partial charge is 0.0897 e. The summed E-state index contributed by atoms with van der Waals surface area (Å²) in [6.07, 6.45) is 3.72. The first-order valence-corrected chi connectivity index (χ1v) is 6.35. The molecular formula is C12H16N4S. The summed E-state index contributed by atoms with van der Waals surface area (Å²) in [5, 5.41) is 4.49. The van der Waals surface area contributed by atoms with Crippen LogP contribution in [0, 0.1) is 6.92 Å². The lowest BCUT2D eigenvalue weighted by Gasteiger charge is -2.04. The van der Waals surface area contributed by atoms with Crippen molar-refractivity contribution in [1.82, 2.24) is 15.3 Å². The Morgan fingerprint density at radius 2 is 2.24 bits per heavy atom. The third-order valence-corrected chi connectivity index (χ3v) is 3.30. The van der Waals surface area contributed by atoms with Gasteiger partial charge in [0.25, 0.3) is 0 Å². The van der Waals surface area contributed by atoms with Crippen LogP contribution >= 0.6 is 11.3 Å². The Morgan fingerprint density at radius 1 is 1.35 bits per heavy atom. The van der Waals surface area contributed by atoms with Crippen LogP contribution in [0.5, 0.6) is 0 Å². The highest BCUT2D eigenvalue weighted by atomic mass is 32.1. The van der Waals surface area contributed by atoms with E-state index in [1.54, 1.807) is 17.5 Å². The molecule has 0 aliphatic rings. The minimum Gasteiger partial charge on any atom is -0.325 e. The van der Waals surface area contributed by atoms with E-state index < -0.39 is 0 Å². The molecule has 5 heteroatoms. The van der Waals surface area contributed by atoms with Crippen LogP contribution in [0.3, 0.4) is 0 Å². The number of aromatic nitrogens is 2. The molecule has 0 fully saturated rings. The first-order valence-electron chi connectivity index (χ1n) is 5.54. The number of rotatable bonds is 5. The van der Waals surface area contributed by atoms with E-state index in [4.69, 9.17) is 5.73 Å². The van der Waals surface area contributed by atoms with Gasteiger partial charge in [-0.15, -0.1) is 11.3 Å². The van der Waals surface area contributed by atoms with Crippen molar-refractivity contribution < 1.29 is 0 Å². The minimum absolute atomic E-state index is 0.488. The Labute approximate surface area is 105 Å². The summed E-state index contributed by atoms with van der Waals surface area (Å²) < 4.78 is 0. The maximum Gasteiger partial charge on any atom is 0.0897 e. The van der Waals surface area contributed by atoms with E-state index in [2.05, 4.69) is 15.3 Å². The van der Waals surface area contributed by atoms with Crippen molar-refractivity contribution in [1.29, 1.82) is 0 Å². The molecule has 0 saturated carbocycles. The molecule has 0 aromatic carbocycles. The van der Waals surface area contributed by atoms with Crippen LogP contribution in [0.1, 0.15) is 21.1 Å². The molecule has 0 saturated heterocycles. The summed E-state index contributed by atoms with van der Waals surface area (Å²) in [6, 6.07) is 4.04. The normalized spacial score (nSPS) is 10.7. The molecule has 0 unspecified atom stereocenters. The van der Waals surface area contributed by atoms with Crippen molar-refractivity contribution in [2.24, 2.45) is 5.73 Å². The lowest BCUT2D eigenvalue weighted by molar-refractivity contribution is 0.697. The molecule has 17 heavy (non-hydrogen) atoms. The van der Waals surface area contributed by atoms with Crippen molar-refractivity contribution in [3.05, 3.63) is 45.7 Å². The highest BCUT2D eigenvalue weighted by Crippen LogP contribution is 2.11. The molecule has 0 atom stereocenters. The third-order valence-electron chi connectivity index (χ3n) is 2.39. The molecular weight excluding hydrogens is 232 g/mol. The van der Waals surface area contributed by atoms with Crippen molar-refractivity contribution in [2.75, 3.05) is 0 Å². The number of aryl methyl sites for hydroxylation is 1. The Kier molecular flexibility index (Phi) is 4.19. The summed E-state index contributed by atoms with van der Waals surface area (Å²) in [5.74, 6) is 0. The van der Waals surface area contributed by atoms with Gasteiger partial charge in [-0.2, -0.15) is 0 Å². The second-order valence-electron chi connectivity index (χ2n) is 3.81. The van der Waals surface area contributed by atoms with Gasteiger partial charge >= 0.3 is 0 Å². The van der Waals surface area contributed by atoms with Crippen LogP contribution in [-0.4, -0.2) is 9.97 Å². The van der Waals surface area contributed by atoms with Gasteiger partial charge in [0.05, 0.1) is 10.7 Å². The monoisotopic (exact) mass is 248 g/mol. The lowest BCUT2D eigenvalue weighted by atomic mass is 10.2. The van der Waals surface area contributed by atoms with E-state index in [0.717, 1.165) is 23.8 Å². The highest BCUT2D eigenvalue weighted by Gasteiger charge is 1.99. The molecule has 0 spiro atoms. The molecule has 4 nitrogen and oxygen atoms in total. The largest absolute Gasteiger partial charge is 0.325 e. The predicted molar refractivity (Wildman–Crippen MR) is 69.5 cm³/mol. The van der Waals surface area contributed by atoms with Crippen molar-refractivity contribution in [2.45, 2.75) is 26.6 Å². The van der Waals surface area contributed by atoms with Crippen LogP contribution in [0.2, 0.25) is 0 Å². The van der Waals surface area contributed by atoms with Crippen LogP contribution in [0.4, 0.5) is 0 Å². The quantitative estimate of drug-likeness (QED) is 0.843. The van der Waals surface area contributed by atoms with Crippen molar-refractivity contribution >= 4 is 11.3 Å². The van der Waals surface area contributed by atoms with Crippen molar-refractivity contribution in [3.8, 4) is 0 Å². The number of nitrogens with two attached hydrogens (primary N) is 1. The zero-order valence-electron chi connectivity index (χ0n) is 9.81. The van der Waals surface area contributed by atoms with Gasteiger partial charge in [0.15, 0.2) is 0 Å². The standard InChI is InChI=1S/C12H16N4S/c1-9-16-8-12(17-9)7-14-6-10-2-3-15-11(4-10)5-13/h2-4,8,14H,5-7,13H2,1H3. The number of nitrogens with zero attached hydrogens (tertiary/aromatic N) is 2. The molecule has 2 aromatic rings. The molecule has 0 aliphatic carbocycles. The fourth-order valence-corrected chi connectivity index (χ4v) is 2.33. The molecule has 0 amide bonds. The first kappa shape index (κ1) is 12.2. The summed E-state index contributed by atoms with van der Waals surface area (Å²) in [4.78, 5) is 9.65. The van der Waals surface area contributed by atoms with Crippen LogP contribution in [-0.2, 0) is 19.6 Å². The number of hydrogen-bond donors (Lipinski definition) is 2. The molecule has 2 rings (SSSR count). The number of nitrogens with one attached hydrogen (secondary N) is 1.